The average Bonchev–Trinajstić information content (AvgIpc) is 3.07. The van der Waals surface area contributed by atoms with Crippen molar-refractivity contribution < 1.29 is 9.90 Å². The quantitative estimate of drug-likeness (QED) is 0.479. The lowest BCUT2D eigenvalue weighted by Crippen LogP contribution is -2.06. The van der Waals surface area contributed by atoms with Crippen LogP contribution >= 0.6 is 22.9 Å². The molecule has 0 amide bonds. The molecule has 0 spiro atoms. The molecule has 0 radical (unpaired) electrons. The number of hydrogen-bond donors (Lipinski definition) is 1. The van der Waals surface area contributed by atoms with Crippen LogP contribution in [0.2, 0.25) is 4.34 Å². The Morgan fingerprint density at radius 1 is 1.00 bits per heavy atom. The molecule has 0 fully saturated rings. The lowest BCUT2D eigenvalue weighted by Gasteiger charge is -2.16. The topological polar surface area (TPSA) is 50.2 Å². The average molecular weight is 380 g/mol. The van der Waals surface area contributed by atoms with Crippen LogP contribution in [0.25, 0.3) is 32.6 Å². The highest BCUT2D eigenvalue weighted by molar-refractivity contribution is 7.19. The molecule has 0 aliphatic heterocycles. The van der Waals surface area contributed by atoms with Crippen LogP contribution in [0.3, 0.4) is 0 Å². The molecule has 128 valence electrons. The Labute approximate surface area is 159 Å². The van der Waals surface area contributed by atoms with Gasteiger partial charge < -0.3 is 5.11 Å². The number of carboxylic acids is 1. The van der Waals surface area contributed by atoms with Gasteiger partial charge in [0.15, 0.2) is 0 Å². The summed E-state index contributed by atoms with van der Waals surface area (Å²) < 4.78 is 0.650. The number of aromatic nitrogens is 1. The minimum atomic E-state index is -0.886. The van der Waals surface area contributed by atoms with E-state index in [0.717, 1.165) is 26.9 Å². The maximum atomic E-state index is 11.6. The zero-order valence-electron chi connectivity index (χ0n) is 13.6. The molecule has 4 aromatic rings. The van der Waals surface area contributed by atoms with Crippen LogP contribution in [0.4, 0.5) is 0 Å². The first kappa shape index (κ1) is 16.8. The summed E-state index contributed by atoms with van der Waals surface area (Å²) in [6, 6.07) is 21.4. The highest BCUT2D eigenvalue weighted by Crippen LogP contribution is 2.40. The van der Waals surface area contributed by atoms with Crippen molar-refractivity contribution in [2.75, 3.05) is 0 Å². The molecular weight excluding hydrogens is 366 g/mol. The fraction of sp³-hybridized carbons (Fsp3) is 0.0476. The number of aliphatic carboxylic acids is 1. The molecule has 5 heteroatoms. The number of para-hydroxylation sites is 1. The Balaban J connectivity index is 2.12. The zero-order valence-corrected chi connectivity index (χ0v) is 15.2. The summed E-state index contributed by atoms with van der Waals surface area (Å²) in [4.78, 5) is 17.3. The van der Waals surface area contributed by atoms with Crippen molar-refractivity contribution in [3.8, 4) is 21.7 Å². The lowest BCUT2D eigenvalue weighted by molar-refractivity contribution is -0.136. The summed E-state index contributed by atoms with van der Waals surface area (Å²) in [6.07, 6.45) is -0.104. The van der Waals surface area contributed by atoms with Crippen molar-refractivity contribution in [3.63, 3.8) is 0 Å². The third kappa shape index (κ3) is 3.09. The molecule has 1 N–H and O–H groups in total. The Morgan fingerprint density at radius 2 is 1.73 bits per heavy atom. The predicted octanol–water partition coefficient (Wildman–Crippen LogP) is 5.91. The summed E-state index contributed by atoms with van der Waals surface area (Å²) >= 11 is 7.52. The Morgan fingerprint density at radius 3 is 2.42 bits per heavy atom. The summed E-state index contributed by atoms with van der Waals surface area (Å²) in [5, 5.41) is 10.5. The van der Waals surface area contributed by atoms with E-state index >= 15 is 0 Å². The van der Waals surface area contributed by atoms with E-state index in [1.165, 1.54) is 11.3 Å². The SMILES string of the molecule is O=C(O)Cc1c(-c2ccc(Cl)s2)nc2ccccc2c1-c1ccccc1. The molecule has 2 aromatic carbocycles. The molecule has 4 rings (SSSR count). The van der Waals surface area contributed by atoms with Gasteiger partial charge in [-0.1, -0.05) is 60.1 Å². The normalized spacial score (nSPS) is 11.0. The Hall–Kier alpha value is -2.69. The third-order valence-corrected chi connectivity index (χ3v) is 5.43. The molecule has 0 bridgehead atoms. The van der Waals surface area contributed by atoms with Crippen LogP contribution in [0, 0.1) is 0 Å². The van der Waals surface area contributed by atoms with Gasteiger partial charge in [-0.15, -0.1) is 11.3 Å². The fourth-order valence-electron chi connectivity index (χ4n) is 3.15. The second kappa shape index (κ2) is 6.90. The van der Waals surface area contributed by atoms with Crippen molar-refractivity contribution in [1.29, 1.82) is 0 Å². The van der Waals surface area contributed by atoms with Gasteiger partial charge in [-0.25, -0.2) is 4.98 Å². The number of benzene rings is 2. The molecule has 26 heavy (non-hydrogen) atoms. The summed E-state index contributed by atoms with van der Waals surface area (Å²) in [6.45, 7) is 0. The first-order valence-corrected chi connectivity index (χ1v) is 9.27. The highest BCUT2D eigenvalue weighted by atomic mass is 35.5. The maximum absolute atomic E-state index is 11.6. The number of halogens is 1. The molecule has 2 heterocycles. The van der Waals surface area contributed by atoms with E-state index in [0.29, 0.717) is 15.6 Å². The van der Waals surface area contributed by atoms with E-state index in [-0.39, 0.29) is 6.42 Å². The first-order chi connectivity index (χ1) is 12.6. The van der Waals surface area contributed by atoms with E-state index in [1.807, 2.05) is 66.7 Å². The van der Waals surface area contributed by atoms with Crippen molar-refractivity contribution in [2.24, 2.45) is 0 Å². The van der Waals surface area contributed by atoms with Crippen LogP contribution in [-0.2, 0) is 11.2 Å². The van der Waals surface area contributed by atoms with E-state index in [2.05, 4.69) is 0 Å². The van der Waals surface area contributed by atoms with Gasteiger partial charge in [0.05, 0.1) is 26.8 Å². The standard InChI is InChI=1S/C21H14ClNO2S/c22-18-11-10-17(26-18)21-15(12-19(24)25)20(13-6-2-1-3-7-13)14-8-4-5-9-16(14)23-21/h1-11H,12H2,(H,24,25). The molecule has 2 aromatic heterocycles. The van der Waals surface area contributed by atoms with Gasteiger partial charge in [0, 0.05) is 5.39 Å². The van der Waals surface area contributed by atoms with E-state index in [9.17, 15) is 9.90 Å². The summed E-state index contributed by atoms with van der Waals surface area (Å²) in [5.74, 6) is -0.886. The minimum Gasteiger partial charge on any atom is -0.481 e. The molecule has 0 saturated heterocycles. The molecule has 3 nitrogen and oxygen atoms in total. The number of carboxylic acid groups (broad SMARTS) is 1. The number of nitrogens with zero attached hydrogens (tertiary/aromatic N) is 1. The maximum Gasteiger partial charge on any atom is 0.307 e. The zero-order chi connectivity index (χ0) is 18.1. The van der Waals surface area contributed by atoms with Crippen LogP contribution in [-0.4, -0.2) is 16.1 Å². The van der Waals surface area contributed by atoms with E-state index < -0.39 is 5.97 Å². The summed E-state index contributed by atoms with van der Waals surface area (Å²) in [7, 11) is 0. The predicted molar refractivity (Wildman–Crippen MR) is 107 cm³/mol. The van der Waals surface area contributed by atoms with Crippen molar-refractivity contribution >= 4 is 39.8 Å². The van der Waals surface area contributed by atoms with Gasteiger partial charge in [0.25, 0.3) is 0 Å². The van der Waals surface area contributed by atoms with Gasteiger partial charge in [-0.05, 0) is 34.9 Å². The number of thiophene rings is 1. The number of pyridine rings is 1. The van der Waals surface area contributed by atoms with E-state index in [1.54, 1.807) is 0 Å². The molecule has 0 unspecified atom stereocenters. The van der Waals surface area contributed by atoms with Crippen LogP contribution < -0.4 is 0 Å². The number of hydrogen-bond acceptors (Lipinski definition) is 3. The monoisotopic (exact) mass is 379 g/mol. The van der Waals surface area contributed by atoms with Crippen LogP contribution in [0.5, 0.6) is 0 Å². The van der Waals surface area contributed by atoms with Gasteiger partial charge in [0.1, 0.15) is 0 Å². The number of fused-ring (bicyclic) bond motifs is 1. The molecule has 0 aliphatic carbocycles. The smallest absolute Gasteiger partial charge is 0.307 e. The fourth-order valence-corrected chi connectivity index (χ4v) is 4.21. The molecule has 0 atom stereocenters. The van der Waals surface area contributed by atoms with Crippen LogP contribution in [0.1, 0.15) is 5.56 Å². The van der Waals surface area contributed by atoms with E-state index in [4.69, 9.17) is 16.6 Å². The van der Waals surface area contributed by atoms with Crippen molar-refractivity contribution in [2.45, 2.75) is 6.42 Å². The highest BCUT2D eigenvalue weighted by Gasteiger charge is 2.20. The largest absolute Gasteiger partial charge is 0.481 e. The number of carbonyl (C=O) groups is 1. The van der Waals surface area contributed by atoms with Crippen LogP contribution in [0.15, 0.2) is 66.7 Å². The second-order valence-electron chi connectivity index (χ2n) is 5.87. The Bertz CT molecular complexity index is 1110. The first-order valence-electron chi connectivity index (χ1n) is 8.08. The number of rotatable bonds is 4. The molecular formula is C21H14ClNO2S. The van der Waals surface area contributed by atoms with Gasteiger partial charge in [-0.3, -0.25) is 4.79 Å². The molecule has 0 saturated carbocycles. The van der Waals surface area contributed by atoms with Gasteiger partial charge in [-0.2, -0.15) is 0 Å². The second-order valence-corrected chi connectivity index (χ2v) is 7.59. The lowest BCUT2D eigenvalue weighted by atomic mass is 9.92. The summed E-state index contributed by atoms with van der Waals surface area (Å²) in [5.41, 5.74) is 4.12. The minimum absolute atomic E-state index is 0.104. The van der Waals surface area contributed by atoms with Gasteiger partial charge >= 0.3 is 5.97 Å². The molecule has 0 aliphatic rings. The third-order valence-electron chi connectivity index (χ3n) is 4.19. The van der Waals surface area contributed by atoms with Crippen molar-refractivity contribution in [3.05, 3.63) is 76.6 Å². The Kier molecular flexibility index (Phi) is 4.45. The van der Waals surface area contributed by atoms with Crippen molar-refractivity contribution in [1.82, 2.24) is 4.98 Å². The van der Waals surface area contributed by atoms with Gasteiger partial charge in [0.2, 0.25) is 0 Å².